The molecule has 1 heterocycles. The largest absolute Gasteiger partial charge is 0.497 e. The molecule has 0 bridgehead atoms. The number of aromatic nitrogens is 1. The van der Waals surface area contributed by atoms with E-state index in [0.717, 1.165) is 22.9 Å². The van der Waals surface area contributed by atoms with E-state index in [2.05, 4.69) is 10.3 Å². The fraction of sp³-hybridized carbons (Fsp3) is 0.389. The third kappa shape index (κ3) is 5.77. The first-order chi connectivity index (χ1) is 11.6. The van der Waals surface area contributed by atoms with Crippen molar-refractivity contribution in [3.05, 3.63) is 45.9 Å². The number of hydrogen-bond donors (Lipinski definition) is 1. The highest BCUT2D eigenvalue weighted by Crippen LogP contribution is 2.14. The maximum atomic E-state index is 12.0. The summed E-state index contributed by atoms with van der Waals surface area (Å²) in [6, 6.07) is 7.02. The van der Waals surface area contributed by atoms with Crippen molar-refractivity contribution in [3.8, 4) is 5.75 Å². The summed E-state index contributed by atoms with van der Waals surface area (Å²) in [6.07, 6.45) is 2.01. The third-order valence-corrected chi connectivity index (χ3v) is 4.41. The quantitative estimate of drug-likeness (QED) is 0.708. The van der Waals surface area contributed by atoms with Crippen LogP contribution in [0.5, 0.6) is 5.75 Å². The number of benzene rings is 1. The number of hydrogen-bond acceptors (Lipinski definition) is 5. The highest BCUT2D eigenvalue weighted by molar-refractivity contribution is 7.09. The zero-order chi connectivity index (χ0) is 17.4. The molecule has 2 rings (SSSR count). The second-order valence-corrected chi connectivity index (χ2v) is 6.53. The Hall–Kier alpha value is -2.21. The molecule has 0 saturated heterocycles. The monoisotopic (exact) mass is 346 g/mol. The Kier molecular flexibility index (Phi) is 6.93. The lowest BCUT2D eigenvalue weighted by atomic mass is 10.1. The summed E-state index contributed by atoms with van der Waals surface area (Å²) in [5.41, 5.74) is 1.66. The molecular weight excluding hydrogens is 324 g/mol. The van der Waals surface area contributed by atoms with Gasteiger partial charge in [0, 0.05) is 36.8 Å². The molecule has 6 heteroatoms. The molecule has 128 valence electrons. The van der Waals surface area contributed by atoms with Gasteiger partial charge < -0.3 is 10.1 Å². The van der Waals surface area contributed by atoms with Gasteiger partial charge in [0.25, 0.3) is 0 Å². The van der Waals surface area contributed by atoms with Gasteiger partial charge in [-0.05, 0) is 37.6 Å². The molecule has 24 heavy (non-hydrogen) atoms. The Morgan fingerprint density at radius 3 is 2.58 bits per heavy atom. The van der Waals surface area contributed by atoms with Gasteiger partial charge in [0.1, 0.15) is 5.75 Å². The summed E-state index contributed by atoms with van der Waals surface area (Å²) < 4.78 is 5.06. The fourth-order valence-corrected chi connectivity index (χ4v) is 2.92. The zero-order valence-corrected chi connectivity index (χ0v) is 14.8. The van der Waals surface area contributed by atoms with Crippen LogP contribution < -0.4 is 10.1 Å². The lowest BCUT2D eigenvalue weighted by Crippen LogP contribution is -2.25. The highest BCUT2D eigenvalue weighted by Gasteiger charge is 2.08. The molecule has 0 fully saturated rings. The first kappa shape index (κ1) is 18.1. The molecule has 0 aliphatic heterocycles. The summed E-state index contributed by atoms with van der Waals surface area (Å²) in [7, 11) is 1.59. The Balaban J connectivity index is 1.63. The normalized spacial score (nSPS) is 10.4. The van der Waals surface area contributed by atoms with Crippen LogP contribution in [0, 0.1) is 6.92 Å². The SMILES string of the molecule is COc1ccc(C(=O)CCCC(=O)NCCc2csc(C)n2)cc1. The van der Waals surface area contributed by atoms with E-state index >= 15 is 0 Å². The maximum Gasteiger partial charge on any atom is 0.220 e. The second kappa shape index (κ2) is 9.17. The Morgan fingerprint density at radius 2 is 1.96 bits per heavy atom. The smallest absolute Gasteiger partial charge is 0.220 e. The number of thiazole rings is 1. The lowest BCUT2D eigenvalue weighted by molar-refractivity contribution is -0.121. The molecule has 0 atom stereocenters. The summed E-state index contributed by atoms with van der Waals surface area (Å²) in [6.45, 7) is 2.54. The average Bonchev–Trinajstić information content (AvgIpc) is 3.00. The van der Waals surface area contributed by atoms with Crippen LogP contribution in [-0.2, 0) is 11.2 Å². The van der Waals surface area contributed by atoms with Crippen LogP contribution in [0.1, 0.15) is 40.3 Å². The van der Waals surface area contributed by atoms with E-state index in [1.54, 1.807) is 42.7 Å². The first-order valence-corrected chi connectivity index (χ1v) is 8.81. The Morgan fingerprint density at radius 1 is 1.21 bits per heavy atom. The van der Waals surface area contributed by atoms with E-state index in [0.29, 0.717) is 31.4 Å². The molecule has 0 radical (unpaired) electrons. The number of rotatable bonds is 9. The number of nitrogens with one attached hydrogen (secondary N) is 1. The summed E-state index contributed by atoms with van der Waals surface area (Å²) in [5.74, 6) is 0.745. The minimum atomic E-state index is -0.0236. The molecule has 1 aromatic heterocycles. The summed E-state index contributed by atoms with van der Waals surface area (Å²) in [5, 5.41) is 5.91. The molecule has 1 aromatic carbocycles. The van der Waals surface area contributed by atoms with Crippen LogP contribution in [0.15, 0.2) is 29.6 Å². The van der Waals surface area contributed by atoms with Crippen LogP contribution in [0.3, 0.4) is 0 Å². The van der Waals surface area contributed by atoms with E-state index in [1.165, 1.54) is 0 Å². The predicted molar refractivity (Wildman–Crippen MR) is 94.7 cm³/mol. The molecule has 0 spiro atoms. The van der Waals surface area contributed by atoms with Gasteiger partial charge in [-0.2, -0.15) is 0 Å². The first-order valence-electron chi connectivity index (χ1n) is 7.93. The molecule has 0 saturated carbocycles. The number of nitrogens with zero attached hydrogens (tertiary/aromatic N) is 1. The number of Topliss-reactive ketones (excluding diaryl/α,β-unsaturated/α-hetero) is 1. The minimum absolute atomic E-state index is 0.0236. The summed E-state index contributed by atoms with van der Waals surface area (Å²) in [4.78, 5) is 28.2. The molecule has 1 N–H and O–H groups in total. The van der Waals surface area contributed by atoms with E-state index in [-0.39, 0.29) is 11.7 Å². The van der Waals surface area contributed by atoms with Gasteiger partial charge in [0.05, 0.1) is 17.8 Å². The zero-order valence-electron chi connectivity index (χ0n) is 14.0. The number of ketones is 1. The van der Waals surface area contributed by atoms with Crippen molar-refractivity contribution in [3.63, 3.8) is 0 Å². The molecule has 1 amide bonds. The average molecular weight is 346 g/mol. The van der Waals surface area contributed by atoms with Crippen molar-refractivity contribution in [2.45, 2.75) is 32.6 Å². The predicted octanol–water partition coefficient (Wildman–Crippen LogP) is 3.17. The number of aryl methyl sites for hydroxylation is 1. The van der Waals surface area contributed by atoms with Gasteiger partial charge in [0.15, 0.2) is 5.78 Å². The van der Waals surface area contributed by atoms with Crippen LogP contribution in [-0.4, -0.2) is 30.3 Å². The van der Waals surface area contributed by atoms with Crippen LogP contribution >= 0.6 is 11.3 Å². The van der Waals surface area contributed by atoms with E-state index in [4.69, 9.17) is 4.74 Å². The van der Waals surface area contributed by atoms with Gasteiger partial charge >= 0.3 is 0 Å². The summed E-state index contributed by atoms with van der Waals surface area (Å²) >= 11 is 1.61. The van der Waals surface area contributed by atoms with Gasteiger partial charge in [0.2, 0.25) is 5.91 Å². The third-order valence-electron chi connectivity index (χ3n) is 3.59. The van der Waals surface area contributed by atoms with Crippen LogP contribution in [0.25, 0.3) is 0 Å². The standard InChI is InChI=1S/C18H22N2O3S/c1-13-20-15(12-24-13)10-11-19-18(22)5-3-4-17(21)14-6-8-16(23-2)9-7-14/h6-9,12H,3-5,10-11H2,1-2H3,(H,19,22). The highest BCUT2D eigenvalue weighted by atomic mass is 32.1. The molecule has 0 aliphatic rings. The van der Waals surface area contributed by atoms with Gasteiger partial charge in [-0.25, -0.2) is 4.98 Å². The topological polar surface area (TPSA) is 68.3 Å². The number of methoxy groups -OCH3 is 1. The minimum Gasteiger partial charge on any atom is -0.497 e. The number of carbonyl (C=O) groups excluding carboxylic acids is 2. The van der Waals surface area contributed by atoms with Crippen molar-refractivity contribution < 1.29 is 14.3 Å². The Labute approximate surface area is 146 Å². The van der Waals surface area contributed by atoms with Crippen molar-refractivity contribution in [2.24, 2.45) is 0 Å². The van der Waals surface area contributed by atoms with Gasteiger partial charge in [-0.15, -0.1) is 11.3 Å². The van der Waals surface area contributed by atoms with E-state index in [1.807, 2.05) is 12.3 Å². The Bertz CT molecular complexity index is 680. The molecule has 5 nitrogen and oxygen atoms in total. The van der Waals surface area contributed by atoms with Crippen molar-refractivity contribution >= 4 is 23.0 Å². The number of amides is 1. The molecular formula is C18H22N2O3S. The van der Waals surface area contributed by atoms with Crippen molar-refractivity contribution in [1.29, 1.82) is 0 Å². The van der Waals surface area contributed by atoms with Gasteiger partial charge in [-0.3, -0.25) is 9.59 Å². The molecule has 2 aromatic rings. The van der Waals surface area contributed by atoms with Crippen LogP contribution in [0.2, 0.25) is 0 Å². The molecule has 0 aliphatic carbocycles. The van der Waals surface area contributed by atoms with Crippen molar-refractivity contribution in [2.75, 3.05) is 13.7 Å². The van der Waals surface area contributed by atoms with E-state index < -0.39 is 0 Å². The maximum absolute atomic E-state index is 12.0. The second-order valence-electron chi connectivity index (χ2n) is 5.46. The number of ether oxygens (including phenoxy) is 1. The fourth-order valence-electron chi connectivity index (χ4n) is 2.27. The van der Waals surface area contributed by atoms with E-state index in [9.17, 15) is 9.59 Å². The molecule has 0 unspecified atom stereocenters. The van der Waals surface area contributed by atoms with Crippen LogP contribution in [0.4, 0.5) is 0 Å². The van der Waals surface area contributed by atoms with Crippen molar-refractivity contribution in [1.82, 2.24) is 10.3 Å². The lowest BCUT2D eigenvalue weighted by Gasteiger charge is -2.05. The number of carbonyl (C=O) groups is 2. The van der Waals surface area contributed by atoms with Gasteiger partial charge in [-0.1, -0.05) is 0 Å².